The predicted octanol–water partition coefficient (Wildman–Crippen LogP) is 9.21. The van der Waals surface area contributed by atoms with Gasteiger partial charge in [-0.05, 0) is 64.9 Å². The lowest BCUT2D eigenvalue weighted by Crippen LogP contribution is -2.35. The molecule has 2 aliphatic rings. The summed E-state index contributed by atoms with van der Waals surface area (Å²) in [5.41, 5.74) is 7.57. The summed E-state index contributed by atoms with van der Waals surface area (Å²) in [6.45, 7) is 11.7. The molecule has 1 atom stereocenters. The fourth-order valence-corrected chi connectivity index (χ4v) is 7.55. The van der Waals surface area contributed by atoms with Gasteiger partial charge in [0.15, 0.2) is 17.1 Å². The predicted molar refractivity (Wildman–Crippen MR) is 208 cm³/mol. The molecule has 0 fully saturated rings. The van der Waals surface area contributed by atoms with Gasteiger partial charge in [0.1, 0.15) is 24.7 Å². The molecule has 0 saturated heterocycles. The Bertz CT molecular complexity index is 2190. The van der Waals surface area contributed by atoms with Crippen LogP contribution in [0.2, 0.25) is 0 Å². The topological polar surface area (TPSA) is 84.5 Å². The molecule has 0 spiro atoms. The first-order chi connectivity index (χ1) is 25.7. The zero-order chi connectivity index (χ0) is 37.2. The summed E-state index contributed by atoms with van der Waals surface area (Å²) in [5.74, 6) is 2.72. The Kier molecular flexibility index (Phi) is 9.90. The molecule has 1 aliphatic carbocycles. The van der Waals surface area contributed by atoms with Crippen molar-refractivity contribution < 1.29 is 33.2 Å². The van der Waals surface area contributed by atoms with Crippen molar-refractivity contribution in [3.8, 4) is 34.1 Å². The number of carbonyl (C=O) groups is 1. The lowest BCUT2D eigenvalue weighted by atomic mass is 9.77. The molecule has 8 nitrogen and oxygen atoms in total. The number of alkyl carbamates (subject to hydrolysis) is 1. The molecule has 7 rings (SSSR count). The second-order valence-corrected chi connectivity index (χ2v) is 13.9. The molecule has 5 aromatic rings. The summed E-state index contributed by atoms with van der Waals surface area (Å²) in [6.07, 6.45) is 3.88. The van der Waals surface area contributed by atoms with Crippen LogP contribution in [0.4, 0.5) is 4.79 Å². The summed E-state index contributed by atoms with van der Waals surface area (Å²) < 4.78 is 35.7. The van der Waals surface area contributed by atoms with E-state index in [1.165, 1.54) is 22.3 Å². The molecule has 0 bridgehead atoms. The molecular formula is C45H45NO7. The highest BCUT2D eigenvalue weighted by Crippen LogP contribution is 2.59. The number of hydrogen-bond acceptors (Lipinski definition) is 7. The quantitative estimate of drug-likeness (QED) is 0.0963. The first kappa shape index (κ1) is 35.7. The van der Waals surface area contributed by atoms with Gasteiger partial charge in [0, 0.05) is 34.0 Å². The average molecular weight is 712 g/mol. The number of benzene rings is 5. The van der Waals surface area contributed by atoms with Gasteiger partial charge in [0.05, 0.1) is 27.4 Å². The Morgan fingerprint density at radius 1 is 0.830 bits per heavy atom. The molecule has 0 saturated carbocycles. The molecular weight excluding hydrogens is 666 g/mol. The van der Waals surface area contributed by atoms with Gasteiger partial charge in [-0.3, -0.25) is 0 Å². The third kappa shape index (κ3) is 6.59. The van der Waals surface area contributed by atoms with Crippen molar-refractivity contribution in [1.82, 2.24) is 5.32 Å². The number of rotatable bonds is 13. The van der Waals surface area contributed by atoms with Gasteiger partial charge in [0.2, 0.25) is 0 Å². The summed E-state index contributed by atoms with van der Waals surface area (Å²) in [4.78, 5) is 12.0. The molecule has 1 N–H and O–H groups in total. The molecule has 1 aliphatic heterocycles. The van der Waals surface area contributed by atoms with Gasteiger partial charge in [-0.25, -0.2) is 4.79 Å². The summed E-state index contributed by atoms with van der Waals surface area (Å²) in [7, 11) is 3.33. The monoisotopic (exact) mass is 711 g/mol. The Balaban J connectivity index is 1.21. The summed E-state index contributed by atoms with van der Waals surface area (Å²) in [6, 6.07) is 30.9. The van der Waals surface area contributed by atoms with Gasteiger partial charge >= 0.3 is 6.09 Å². The van der Waals surface area contributed by atoms with E-state index in [1.807, 2.05) is 55.5 Å². The number of carbonyl (C=O) groups excluding carboxylic acids is 1. The molecule has 0 aromatic heterocycles. The minimum atomic E-state index is -0.952. The fourth-order valence-electron chi connectivity index (χ4n) is 7.55. The average Bonchev–Trinajstić information content (AvgIpc) is 3.42. The number of hydrogen-bond donors (Lipinski definition) is 1. The van der Waals surface area contributed by atoms with E-state index in [9.17, 15) is 4.79 Å². The molecule has 1 heterocycles. The Hall–Kier alpha value is -5.73. The molecule has 272 valence electrons. The van der Waals surface area contributed by atoms with E-state index in [-0.39, 0.29) is 18.6 Å². The normalized spacial score (nSPS) is 16.2. The largest absolute Gasteiger partial charge is 0.493 e. The van der Waals surface area contributed by atoms with Crippen LogP contribution in [0, 0.1) is 0 Å². The van der Waals surface area contributed by atoms with Gasteiger partial charge in [0.25, 0.3) is 0 Å². The van der Waals surface area contributed by atoms with Crippen molar-refractivity contribution in [2.75, 3.05) is 47.2 Å². The van der Waals surface area contributed by atoms with Gasteiger partial charge in [-0.2, -0.15) is 0 Å². The standard InChI is InChI=1S/C45H45NO7/c1-29(2)28-50-23-22-46-43(47)52-25-24-51-32-18-16-31(17-19-32)45(30-12-8-7-9-13-30)21-20-34-41-40(33-14-10-11-15-37(33)44(41,3)4)35-26-38(48-5)39(49-6)27-36(35)42(34)53-45/h7-21,26-27H,1,22-25,28H2,2-6H3,(H,46,47). The van der Waals surface area contributed by atoms with Gasteiger partial charge < -0.3 is 33.7 Å². The van der Waals surface area contributed by atoms with Crippen molar-refractivity contribution >= 4 is 22.9 Å². The highest BCUT2D eigenvalue weighted by Gasteiger charge is 2.44. The number of methoxy groups -OCH3 is 2. The maximum atomic E-state index is 12.0. The number of amides is 1. The maximum absolute atomic E-state index is 12.0. The third-order valence-corrected chi connectivity index (χ3v) is 9.98. The van der Waals surface area contributed by atoms with E-state index in [0.29, 0.717) is 37.0 Å². The Labute approximate surface area is 310 Å². The number of fused-ring (bicyclic) bond motifs is 8. The van der Waals surface area contributed by atoms with E-state index in [2.05, 4.69) is 80.4 Å². The van der Waals surface area contributed by atoms with Crippen LogP contribution >= 0.6 is 0 Å². The SMILES string of the molecule is C=C(C)COCCNC(=O)OCCOc1ccc(C2(c3ccccc3)C=Cc3c4c(c5cc(OC)c(OC)cc5c3O2)-c2ccccc2C4(C)C)cc1. The van der Waals surface area contributed by atoms with Crippen LogP contribution in [0.25, 0.3) is 28.0 Å². The van der Waals surface area contributed by atoms with Crippen molar-refractivity contribution in [3.63, 3.8) is 0 Å². The summed E-state index contributed by atoms with van der Waals surface area (Å²) >= 11 is 0. The third-order valence-electron chi connectivity index (χ3n) is 9.98. The van der Waals surface area contributed by atoms with Crippen LogP contribution < -0.4 is 24.3 Å². The van der Waals surface area contributed by atoms with E-state index in [4.69, 9.17) is 28.4 Å². The minimum absolute atomic E-state index is 0.0999. The Morgan fingerprint density at radius 3 is 2.23 bits per heavy atom. The first-order valence-corrected chi connectivity index (χ1v) is 17.8. The Morgan fingerprint density at radius 2 is 1.51 bits per heavy atom. The second kappa shape index (κ2) is 14.7. The van der Waals surface area contributed by atoms with Crippen LogP contribution in [0.15, 0.2) is 109 Å². The molecule has 1 amide bonds. The van der Waals surface area contributed by atoms with Gasteiger partial charge in [-0.1, -0.05) is 98.8 Å². The van der Waals surface area contributed by atoms with Crippen LogP contribution in [0.3, 0.4) is 0 Å². The lowest BCUT2D eigenvalue weighted by molar-refractivity contribution is 0.117. The van der Waals surface area contributed by atoms with E-state index < -0.39 is 11.7 Å². The maximum Gasteiger partial charge on any atom is 0.407 e. The molecule has 0 radical (unpaired) electrons. The number of nitrogens with one attached hydrogen (secondary N) is 1. The van der Waals surface area contributed by atoms with Crippen molar-refractivity contribution in [1.29, 1.82) is 0 Å². The number of ether oxygens (including phenoxy) is 6. The van der Waals surface area contributed by atoms with Crippen LogP contribution in [-0.4, -0.2) is 53.3 Å². The minimum Gasteiger partial charge on any atom is -0.493 e. The van der Waals surface area contributed by atoms with Crippen LogP contribution in [0.1, 0.15) is 48.6 Å². The second-order valence-electron chi connectivity index (χ2n) is 13.9. The lowest BCUT2D eigenvalue weighted by Gasteiger charge is -2.38. The van der Waals surface area contributed by atoms with Crippen LogP contribution in [0.5, 0.6) is 23.0 Å². The zero-order valence-electron chi connectivity index (χ0n) is 30.9. The summed E-state index contributed by atoms with van der Waals surface area (Å²) in [5, 5.41) is 4.65. The smallest absolute Gasteiger partial charge is 0.407 e. The zero-order valence-corrected chi connectivity index (χ0v) is 30.9. The van der Waals surface area contributed by atoms with Crippen molar-refractivity contribution in [3.05, 3.63) is 137 Å². The molecule has 1 unspecified atom stereocenters. The fraction of sp³-hybridized carbons (Fsp3) is 0.267. The van der Waals surface area contributed by atoms with Crippen molar-refractivity contribution in [2.24, 2.45) is 0 Å². The highest BCUT2D eigenvalue weighted by atomic mass is 16.6. The van der Waals surface area contributed by atoms with E-state index in [0.717, 1.165) is 38.8 Å². The van der Waals surface area contributed by atoms with Crippen molar-refractivity contribution in [2.45, 2.75) is 31.8 Å². The molecule has 8 heteroatoms. The highest BCUT2D eigenvalue weighted by molar-refractivity contribution is 6.09. The van der Waals surface area contributed by atoms with Gasteiger partial charge in [-0.15, -0.1) is 0 Å². The van der Waals surface area contributed by atoms with E-state index >= 15 is 0 Å². The molecule has 5 aromatic carbocycles. The molecule has 53 heavy (non-hydrogen) atoms. The first-order valence-electron chi connectivity index (χ1n) is 17.8. The van der Waals surface area contributed by atoms with E-state index in [1.54, 1.807) is 14.2 Å². The van der Waals surface area contributed by atoms with Crippen LogP contribution in [-0.2, 0) is 20.5 Å².